The molecule has 1 N–H and O–H groups in total. The molecule has 0 spiro atoms. The molecule has 1 unspecified atom stereocenters. The van der Waals surface area contributed by atoms with Crippen molar-refractivity contribution in [2.24, 2.45) is 0 Å². The molecule has 1 saturated heterocycles. The van der Waals surface area contributed by atoms with Crippen LogP contribution >= 0.6 is 0 Å². The summed E-state index contributed by atoms with van der Waals surface area (Å²) in [5.74, 6) is 0. The highest BCUT2D eigenvalue weighted by atomic mass is 16.5. The Labute approximate surface area is 111 Å². The fraction of sp³-hybridized carbons (Fsp3) is 0.625. The SMILES string of the molecule is Cc1cc(C)cc(CNCCC2CCCCO2)c1. The fourth-order valence-corrected chi connectivity index (χ4v) is 2.70. The molecule has 0 aliphatic carbocycles. The highest BCUT2D eigenvalue weighted by Gasteiger charge is 2.12. The van der Waals surface area contributed by atoms with Gasteiger partial charge in [0.05, 0.1) is 6.10 Å². The maximum absolute atomic E-state index is 5.73. The summed E-state index contributed by atoms with van der Waals surface area (Å²) >= 11 is 0. The van der Waals surface area contributed by atoms with Crippen LogP contribution in [0.5, 0.6) is 0 Å². The minimum absolute atomic E-state index is 0.491. The predicted octanol–water partition coefficient (Wildman–Crippen LogP) is 3.35. The second-order valence-corrected chi connectivity index (χ2v) is 5.45. The first-order valence-corrected chi connectivity index (χ1v) is 7.13. The molecule has 0 saturated carbocycles. The van der Waals surface area contributed by atoms with Gasteiger partial charge in [-0.1, -0.05) is 29.3 Å². The van der Waals surface area contributed by atoms with Gasteiger partial charge in [0.1, 0.15) is 0 Å². The Balaban J connectivity index is 1.68. The zero-order valence-corrected chi connectivity index (χ0v) is 11.7. The van der Waals surface area contributed by atoms with Crippen LogP contribution in [0.15, 0.2) is 18.2 Å². The summed E-state index contributed by atoms with van der Waals surface area (Å²) in [4.78, 5) is 0. The Kier molecular flexibility index (Phi) is 5.21. The summed E-state index contributed by atoms with van der Waals surface area (Å²) < 4.78 is 5.73. The van der Waals surface area contributed by atoms with E-state index in [4.69, 9.17) is 4.74 Å². The maximum Gasteiger partial charge on any atom is 0.0587 e. The van der Waals surface area contributed by atoms with Gasteiger partial charge in [-0.25, -0.2) is 0 Å². The van der Waals surface area contributed by atoms with Gasteiger partial charge >= 0.3 is 0 Å². The minimum Gasteiger partial charge on any atom is -0.378 e. The summed E-state index contributed by atoms with van der Waals surface area (Å²) in [5.41, 5.74) is 4.09. The first kappa shape index (κ1) is 13.6. The number of ether oxygens (including phenoxy) is 1. The molecular weight excluding hydrogens is 222 g/mol. The highest BCUT2D eigenvalue weighted by molar-refractivity contribution is 5.28. The largest absolute Gasteiger partial charge is 0.378 e. The van der Waals surface area contributed by atoms with E-state index in [1.165, 1.54) is 36.0 Å². The topological polar surface area (TPSA) is 21.3 Å². The molecule has 1 heterocycles. The first-order chi connectivity index (χ1) is 8.74. The van der Waals surface area contributed by atoms with E-state index in [2.05, 4.69) is 37.4 Å². The Morgan fingerprint density at radius 1 is 1.17 bits per heavy atom. The summed E-state index contributed by atoms with van der Waals surface area (Å²) in [6.45, 7) is 7.30. The van der Waals surface area contributed by atoms with E-state index in [-0.39, 0.29) is 0 Å². The van der Waals surface area contributed by atoms with Gasteiger partial charge in [0, 0.05) is 13.2 Å². The summed E-state index contributed by atoms with van der Waals surface area (Å²) in [7, 11) is 0. The van der Waals surface area contributed by atoms with Crippen LogP contribution in [0.3, 0.4) is 0 Å². The Hall–Kier alpha value is -0.860. The molecule has 100 valence electrons. The Morgan fingerprint density at radius 2 is 1.94 bits per heavy atom. The van der Waals surface area contributed by atoms with E-state index in [1.54, 1.807) is 0 Å². The summed E-state index contributed by atoms with van der Waals surface area (Å²) in [5, 5.41) is 3.52. The van der Waals surface area contributed by atoms with E-state index < -0.39 is 0 Å². The molecule has 1 aliphatic heterocycles. The van der Waals surface area contributed by atoms with Crippen LogP contribution in [-0.4, -0.2) is 19.3 Å². The molecular formula is C16H25NO. The first-order valence-electron chi connectivity index (χ1n) is 7.13. The van der Waals surface area contributed by atoms with Crippen LogP contribution < -0.4 is 5.32 Å². The lowest BCUT2D eigenvalue weighted by molar-refractivity contribution is 0.0115. The quantitative estimate of drug-likeness (QED) is 0.806. The third kappa shape index (κ3) is 4.43. The van der Waals surface area contributed by atoms with Gasteiger partial charge in [-0.05, 0) is 51.6 Å². The van der Waals surface area contributed by atoms with Crippen LogP contribution in [0, 0.1) is 13.8 Å². The second-order valence-electron chi connectivity index (χ2n) is 5.45. The number of hydrogen-bond acceptors (Lipinski definition) is 2. The van der Waals surface area contributed by atoms with Crippen LogP contribution in [0.2, 0.25) is 0 Å². The van der Waals surface area contributed by atoms with Crippen LogP contribution in [0.4, 0.5) is 0 Å². The molecule has 0 radical (unpaired) electrons. The van der Waals surface area contributed by atoms with E-state index in [0.29, 0.717) is 6.10 Å². The monoisotopic (exact) mass is 247 g/mol. The fourth-order valence-electron chi connectivity index (χ4n) is 2.70. The van der Waals surface area contributed by atoms with Crippen molar-refractivity contribution in [3.8, 4) is 0 Å². The van der Waals surface area contributed by atoms with Crippen molar-refractivity contribution < 1.29 is 4.74 Å². The van der Waals surface area contributed by atoms with Crippen molar-refractivity contribution in [3.05, 3.63) is 34.9 Å². The zero-order valence-electron chi connectivity index (χ0n) is 11.7. The Morgan fingerprint density at radius 3 is 2.61 bits per heavy atom. The van der Waals surface area contributed by atoms with Gasteiger partial charge in [0.2, 0.25) is 0 Å². The Bertz CT molecular complexity index is 349. The lowest BCUT2D eigenvalue weighted by Crippen LogP contribution is -2.25. The summed E-state index contributed by atoms with van der Waals surface area (Å²) in [6.07, 6.45) is 5.45. The van der Waals surface area contributed by atoms with Gasteiger partial charge in [-0.15, -0.1) is 0 Å². The molecule has 1 aromatic rings. The zero-order chi connectivity index (χ0) is 12.8. The van der Waals surface area contributed by atoms with Gasteiger partial charge < -0.3 is 10.1 Å². The molecule has 0 amide bonds. The predicted molar refractivity (Wildman–Crippen MR) is 75.8 cm³/mol. The molecule has 1 fully saturated rings. The highest BCUT2D eigenvalue weighted by Crippen LogP contribution is 2.15. The molecule has 2 rings (SSSR count). The van der Waals surface area contributed by atoms with Crippen LogP contribution in [0.25, 0.3) is 0 Å². The lowest BCUT2D eigenvalue weighted by atomic mass is 10.1. The van der Waals surface area contributed by atoms with Crippen molar-refractivity contribution >= 4 is 0 Å². The van der Waals surface area contributed by atoms with Gasteiger partial charge in [0.25, 0.3) is 0 Å². The van der Waals surface area contributed by atoms with E-state index in [0.717, 1.165) is 26.1 Å². The van der Waals surface area contributed by atoms with Gasteiger partial charge in [-0.3, -0.25) is 0 Å². The number of rotatable bonds is 5. The molecule has 2 heteroatoms. The average molecular weight is 247 g/mol. The third-order valence-electron chi connectivity index (χ3n) is 3.53. The molecule has 0 bridgehead atoms. The van der Waals surface area contributed by atoms with Crippen LogP contribution in [-0.2, 0) is 11.3 Å². The standard InChI is InChI=1S/C16H25NO/c1-13-9-14(2)11-15(10-13)12-17-7-6-16-5-3-4-8-18-16/h9-11,16-17H,3-8,12H2,1-2H3. The second kappa shape index (κ2) is 6.91. The number of hydrogen-bond donors (Lipinski definition) is 1. The van der Waals surface area contributed by atoms with Crippen molar-refractivity contribution in [2.75, 3.05) is 13.2 Å². The number of nitrogens with one attached hydrogen (secondary N) is 1. The normalized spacial score (nSPS) is 20.0. The van der Waals surface area contributed by atoms with Gasteiger partial charge in [0.15, 0.2) is 0 Å². The van der Waals surface area contributed by atoms with Gasteiger partial charge in [-0.2, -0.15) is 0 Å². The molecule has 2 nitrogen and oxygen atoms in total. The molecule has 1 atom stereocenters. The van der Waals surface area contributed by atoms with Crippen molar-refractivity contribution in [1.82, 2.24) is 5.32 Å². The average Bonchev–Trinajstić information content (AvgIpc) is 2.35. The number of aryl methyl sites for hydroxylation is 2. The lowest BCUT2D eigenvalue weighted by Gasteiger charge is -2.22. The van der Waals surface area contributed by atoms with Crippen LogP contribution in [0.1, 0.15) is 42.4 Å². The number of benzene rings is 1. The van der Waals surface area contributed by atoms with E-state index in [1.807, 2.05) is 0 Å². The molecule has 0 aromatic heterocycles. The molecule has 1 aliphatic rings. The minimum atomic E-state index is 0.491. The summed E-state index contributed by atoms with van der Waals surface area (Å²) in [6, 6.07) is 6.74. The van der Waals surface area contributed by atoms with Crippen molar-refractivity contribution in [3.63, 3.8) is 0 Å². The van der Waals surface area contributed by atoms with Crippen molar-refractivity contribution in [2.45, 2.75) is 52.2 Å². The molecule has 18 heavy (non-hydrogen) atoms. The van der Waals surface area contributed by atoms with E-state index >= 15 is 0 Å². The van der Waals surface area contributed by atoms with E-state index in [9.17, 15) is 0 Å². The maximum atomic E-state index is 5.73. The molecule has 1 aromatic carbocycles. The smallest absolute Gasteiger partial charge is 0.0587 e. The van der Waals surface area contributed by atoms with Crippen molar-refractivity contribution in [1.29, 1.82) is 0 Å². The third-order valence-corrected chi connectivity index (χ3v) is 3.53.